The number of fused-ring (bicyclic) bond motifs is 2. The lowest BCUT2D eigenvalue weighted by Crippen LogP contribution is -2.35. The van der Waals surface area contributed by atoms with Gasteiger partial charge in [-0.3, -0.25) is 4.90 Å². The Morgan fingerprint density at radius 2 is 2.27 bits per heavy atom. The number of nitrogens with zero attached hydrogens (tertiary/aromatic N) is 3. The van der Waals surface area contributed by atoms with Crippen LogP contribution in [0, 0.1) is 0 Å². The number of rotatable bonds is 3. The van der Waals surface area contributed by atoms with Crippen LogP contribution in [-0.4, -0.2) is 41.3 Å². The van der Waals surface area contributed by atoms with Crippen LogP contribution in [0.2, 0.25) is 0 Å². The maximum atomic E-state index is 5.92. The van der Waals surface area contributed by atoms with E-state index >= 15 is 0 Å². The van der Waals surface area contributed by atoms with E-state index in [2.05, 4.69) is 26.6 Å². The van der Waals surface area contributed by atoms with E-state index in [0.29, 0.717) is 6.61 Å². The van der Waals surface area contributed by atoms with Crippen LogP contribution < -0.4 is 9.47 Å². The highest BCUT2D eigenvalue weighted by Gasteiger charge is 2.20. The van der Waals surface area contributed by atoms with Gasteiger partial charge in [-0.25, -0.2) is 4.98 Å². The Kier molecular flexibility index (Phi) is 3.35. The zero-order valence-electron chi connectivity index (χ0n) is 12.7. The highest BCUT2D eigenvalue weighted by atomic mass is 16.5. The molecule has 1 aromatic heterocycles. The molecule has 3 heterocycles. The zero-order valence-corrected chi connectivity index (χ0v) is 12.7. The van der Waals surface area contributed by atoms with Crippen LogP contribution in [0.1, 0.15) is 11.3 Å². The monoisotopic (exact) mass is 297 g/mol. The summed E-state index contributed by atoms with van der Waals surface area (Å²) in [7, 11) is 1.68. The summed E-state index contributed by atoms with van der Waals surface area (Å²) in [6.07, 6.45) is 6.10. The van der Waals surface area contributed by atoms with Gasteiger partial charge in [0.2, 0.25) is 0 Å². The van der Waals surface area contributed by atoms with E-state index in [1.54, 1.807) is 7.11 Å². The molecule has 0 bridgehead atoms. The van der Waals surface area contributed by atoms with Crippen LogP contribution >= 0.6 is 0 Å². The molecule has 0 N–H and O–H groups in total. The molecule has 0 saturated carbocycles. The Balaban J connectivity index is 1.51. The van der Waals surface area contributed by atoms with E-state index in [-0.39, 0.29) is 0 Å². The average molecular weight is 297 g/mol. The Labute approximate surface area is 129 Å². The molecule has 2 aliphatic heterocycles. The lowest BCUT2D eigenvalue weighted by Gasteiger charge is -2.30. The SMILES string of the molecule is COc1cccc2c1OCC(CN1CCn3cncc3C1)=C2. The number of benzene rings is 1. The van der Waals surface area contributed by atoms with Crippen molar-refractivity contribution >= 4 is 6.08 Å². The van der Waals surface area contributed by atoms with Gasteiger partial charge in [0.05, 0.1) is 19.1 Å². The van der Waals surface area contributed by atoms with Crippen molar-refractivity contribution in [2.45, 2.75) is 13.1 Å². The third-order valence-electron chi connectivity index (χ3n) is 4.26. The highest BCUT2D eigenvalue weighted by Crippen LogP contribution is 2.35. The van der Waals surface area contributed by atoms with E-state index in [1.807, 2.05) is 24.7 Å². The van der Waals surface area contributed by atoms with Gasteiger partial charge in [0.1, 0.15) is 6.61 Å². The van der Waals surface area contributed by atoms with Gasteiger partial charge in [0, 0.05) is 37.9 Å². The number of aromatic nitrogens is 2. The number of hydrogen-bond acceptors (Lipinski definition) is 4. The maximum absolute atomic E-state index is 5.92. The summed E-state index contributed by atoms with van der Waals surface area (Å²) in [5, 5.41) is 0. The highest BCUT2D eigenvalue weighted by molar-refractivity contribution is 5.66. The molecule has 0 aliphatic carbocycles. The van der Waals surface area contributed by atoms with Crippen LogP contribution in [0.5, 0.6) is 11.5 Å². The lowest BCUT2D eigenvalue weighted by molar-refractivity contribution is 0.226. The predicted molar refractivity (Wildman–Crippen MR) is 84.0 cm³/mol. The van der Waals surface area contributed by atoms with Gasteiger partial charge in [-0.15, -0.1) is 0 Å². The van der Waals surface area contributed by atoms with Crippen molar-refractivity contribution in [1.29, 1.82) is 0 Å². The first-order chi connectivity index (χ1) is 10.8. The lowest BCUT2D eigenvalue weighted by atomic mass is 10.1. The molecule has 2 aliphatic rings. The number of para-hydroxylation sites is 1. The topological polar surface area (TPSA) is 39.5 Å². The normalized spacial score (nSPS) is 17.2. The van der Waals surface area contributed by atoms with Gasteiger partial charge in [0.15, 0.2) is 11.5 Å². The van der Waals surface area contributed by atoms with Crippen LogP contribution in [-0.2, 0) is 13.1 Å². The number of imidazole rings is 1. The second-order valence-corrected chi connectivity index (χ2v) is 5.76. The standard InChI is InChI=1S/C17H19N3O2/c1-21-16-4-2-3-14-7-13(11-22-17(14)16)9-19-5-6-20-12-18-8-15(20)10-19/h2-4,7-8,12H,5-6,9-11H2,1H3. The average Bonchev–Trinajstić information content (AvgIpc) is 3.01. The molecular formula is C17H19N3O2. The number of hydrogen-bond donors (Lipinski definition) is 0. The summed E-state index contributed by atoms with van der Waals surface area (Å²) in [4.78, 5) is 6.66. The largest absolute Gasteiger partial charge is 0.493 e. The molecule has 22 heavy (non-hydrogen) atoms. The van der Waals surface area contributed by atoms with Crippen molar-refractivity contribution in [2.24, 2.45) is 0 Å². The first-order valence-electron chi connectivity index (χ1n) is 7.54. The Hall–Kier alpha value is -2.27. The summed E-state index contributed by atoms with van der Waals surface area (Å²) in [5.74, 6) is 1.65. The van der Waals surface area contributed by atoms with Crippen molar-refractivity contribution in [2.75, 3.05) is 26.8 Å². The molecule has 5 nitrogen and oxygen atoms in total. The first-order valence-corrected chi connectivity index (χ1v) is 7.54. The van der Waals surface area contributed by atoms with Crippen molar-refractivity contribution in [3.63, 3.8) is 0 Å². The van der Waals surface area contributed by atoms with Gasteiger partial charge in [-0.1, -0.05) is 12.1 Å². The van der Waals surface area contributed by atoms with E-state index in [9.17, 15) is 0 Å². The second kappa shape index (κ2) is 5.50. The Morgan fingerprint density at radius 3 is 3.18 bits per heavy atom. The minimum absolute atomic E-state index is 0.628. The molecule has 1 aromatic carbocycles. The van der Waals surface area contributed by atoms with E-state index in [4.69, 9.17) is 9.47 Å². The van der Waals surface area contributed by atoms with Gasteiger partial charge in [-0.2, -0.15) is 0 Å². The second-order valence-electron chi connectivity index (χ2n) is 5.76. The van der Waals surface area contributed by atoms with Crippen molar-refractivity contribution in [3.05, 3.63) is 47.6 Å². The number of ether oxygens (including phenoxy) is 2. The molecule has 0 spiro atoms. The molecule has 0 saturated heterocycles. The third-order valence-corrected chi connectivity index (χ3v) is 4.26. The summed E-state index contributed by atoms with van der Waals surface area (Å²) < 4.78 is 13.5. The fourth-order valence-corrected chi connectivity index (χ4v) is 3.14. The molecule has 0 fully saturated rings. The molecule has 5 heteroatoms. The molecule has 114 valence electrons. The summed E-state index contributed by atoms with van der Waals surface area (Å²) in [6.45, 7) is 4.56. The summed E-state index contributed by atoms with van der Waals surface area (Å²) in [5.41, 5.74) is 3.68. The minimum Gasteiger partial charge on any atom is -0.493 e. The van der Waals surface area contributed by atoms with Crippen molar-refractivity contribution in [3.8, 4) is 11.5 Å². The summed E-state index contributed by atoms with van der Waals surface area (Å²) in [6, 6.07) is 6.01. The maximum Gasteiger partial charge on any atom is 0.168 e. The molecular weight excluding hydrogens is 278 g/mol. The first kappa shape index (κ1) is 13.4. The van der Waals surface area contributed by atoms with Crippen molar-refractivity contribution < 1.29 is 9.47 Å². The Morgan fingerprint density at radius 1 is 1.32 bits per heavy atom. The van der Waals surface area contributed by atoms with E-state index in [1.165, 1.54) is 11.3 Å². The van der Waals surface area contributed by atoms with Gasteiger partial charge >= 0.3 is 0 Å². The van der Waals surface area contributed by atoms with Gasteiger partial charge in [0.25, 0.3) is 0 Å². The van der Waals surface area contributed by atoms with Crippen LogP contribution in [0.15, 0.2) is 36.3 Å². The molecule has 0 radical (unpaired) electrons. The fourth-order valence-electron chi connectivity index (χ4n) is 3.14. The molecule has 0 unspecified atom stereocenters. The zero-order chi connectivity index (χ0) is 14.9. The smallest absolute Gasteiger partial charge is 0.168 e. The van der Waals surface area contributed by atoms with E-state index in [0.717, 1.165) is 43.2 Å². The van der Waals surface area contributed by atoms with E-state index < -0.39 is 0 Å². The molecule has 0 amide bonds. The number of methoxy groups -OCH3 is 1. The predicted octanol–water partition coefficient (Wildman–Crippen LogP) is 2.18. The van der Waals surface area contributed by atoms with Gasteiger partial charge < -0.3 is 14.0 Å². The third kappa shape index (κ3) is 2.37. The minimum atomic E-state index is 0.628. The van der Waals surface area contributed by atoms with Crippen LogP contribution in [0.3, 0.4) is 0 Å². The van der Waals surface area contributed by atoms with Crippen LogP contribution in [0.4, 0.5) is 0 Å². The quantitative estimate of drug-likeness (QED) is 0.870. The van der Waals surface area contributed by atoms with Crippen molar-refractivity contribution in [1.82, 2.24) is 14.5 Å². The fraction of sp³-hybridized carbons (Fsp3) is 0.353. The molecule has 0 atom stereocenters. The van der Waals surface area contributed by atoms with Gasteiger partial charge in [-0.05, 0) is 17.7 Å². The molecule has 2 aromatic rings. The van der Waals surface area contributed by atoms with Crippen LogP contribution in [0.25, 0.3) is 6.08 Å². The Bertz CT molecular complexity index is 720. The molecule has 4 rings (SSSR count). The summed E-state index contributed by atoms with van der Waals surface area (Å²) >= 11 is 0.